The van der Waals surface area contributed by atoms with Crippen LogP contribution in [0, 0.1) is 5.82 Å². The van der Waals surface area contributed by atoms with Crippen LogP contribution in [0.2, 0.25) is 0 Å². The molecule has 5 heteroatoms. The Morgan fingerprint density at radius 2 is 1.94 bits per heavy atom. The SMILES string of the molecule is CCC(C)NC(=O)C(=O)NCc1ccccc1F. The summed E-state index contributed by atoms with van der Waals surface area (Å²) in [6.07, 6.45) is 0.742. The Balaban J connectivity index is 2.46. The standard InChI is InChI=1S/C13H17FN2O2/c1-3-9(2)16-13(18)12(17)15-8-10-6-4-5-7-11(10)14/h4-7,9H,3,8H2,1-2H3,(H,15,17)(H,16,18). The molecule has 2 amide bonds. The van der Waals surface area contributed by atoms with Gasteiger partial charge in [0, 0.05) is 18.2 Å². The smallest absolute Gasteiger partial charge is 0.309 e. The molecule has 0 saturated heterocycles. The second-order valence-corrected chi connectivity index (χ2v) is 4.06. The fourth-order valence-electron chi connectivity index (χ4n) is 1.29. The maximum Gasteiger partial charge on any atom is 0.309 e. The Bertz CT molecular complexity index is 435. The van der Waals surface area contributed by atoms with Crippen molar-refractivity contribution < 1.29 is 14.0 Å². The summed E-state index contributed by atoms with van der Waals surface area (Å²) in [5, 5.41) is 4.91. The van der Waals surface area contributed by atoms with Gasteiger partial charge < -0.3 is 10.6 Å². The molecule has 4 nitrogen and oxygen atoms in total. The number of hydrogen-bond donors (Lipinski definition) is 2. The Morgan fingerprint density at radius 1 is 1.28 bits per heavy atom. The number of rotatable bonds is 4. The molecule has 1 aromatic rings. The first-order chi connectivity index (χ1) is 8.54. The van der Waals surface area contributed by atoms with Crippen LogP contribution in [-0.4, -0.2) is 17.9 Å². The zero-order chi connectivity index (χ0) is 13.5. The summed E-state index contributed by atoms with van der Waals surface area (Å²) in [4.78, 5) is 22.8. The van der Waals surface area contributed by atoms with E-state index in [-0.39, 0.29) is 12.6 Å². The Hall–Kier alpha value is -1.91. The van der Waals surface area contributed by atoms with E-state index in [1.165, 1.54) is 6.07 Å². The van der Waals surface area contributed by atoms with Crippen LogP contribution in [-0.2, 0) is 16.1 Å². The van der Waals surface area contributed by atoms with Gasteiger partial charge >= 0.3 is 11.8 Å². The van der Waals surface area contributed by atoms with E-state index in [1.807, 2.05) is 13.8 Å². The van der Waals surface area contributed by atoms with Crippen molar-refractivity contribution in [2.75, 3.05) is 0 Å². The molecule has 0 aliphatic rings. The molecule has 1 aromatic carbocycles. The lowest BCUT2D eigenvalue weighted by molar-refractivity contribution is -0.139. The van der Waals surface area contributed by atoms with Gasteiger partial charge in [-0.25, -0.2) is 4.39 Å². The molecular weight excluding hydrogens is 235 g/mol. The highest BCUT2D eigenvalue weighted by molar-refractivity contribution is 6.35. The number of nitrogens with one attached hydrogen (secondary N) is 2. The largest absolute Gasteiger partial charge is 0.345 e. The first-order valence-corrected chi connectivity index (χ1v) is 5.86. The molecule has 0 fully saturated rings. The molecule has 0 aromatic heterocycles. The van der Waals surface area contributed by atoms with Crippen LogP contribution in [0.3, 0.4) is 0 Å². The van der Waals surface area contributed by atoms with Crippen LogP contribution in [0.25, 0.3) is 0 Å². The van der Waals surface area contributed by atoms with Crippen molar-refractivity contribution in [2.24, 2.45) is 0 Å². The van der Waals surface area contributed by atoms with Crippen molar-refractivity contribution in [3.8, 4) is 0 Å². The highest BCUT2D eigenvalue weighted by atomic mass is 19.1. The third kappa shape index (κ3) is 4.16. The molecule has 0 saturated carbocycles. The minimum Gasteiger partial charge on any atom is -0.345 e. The van der Waals surface area contributed by atoms with Gasteiger partial charge in [0.15, 0.2) is 0 Å². The molecule has 2 N–H and O–H groups in total. The van der Waals surface area contributed by atoms with Gasteiger partial charge in [-0.2, -0.15) is 0 Å². The summed E-state index contributed by atoms with van der Waals surface area (Å²) in [7, 11) is 0. The van der Waals surface area contributed by atoms with Crippen molar-refractivity contribution in [3.05, 3.63) is 35.6 Å². The summed E-state index contributed by atoms with van der Waals surface area (Å²) in [6.45, 7) is 3.71. The highest BCUT2D eigenvalue weighted by Gasteiger charge is 2.15. The third-order valence-electron chi connectivity index (χ3n) is 2.59. The quantitative estimate of drug-likeness (QED) is 0.795. The monoisotopic (exact) mass is 252 g/mol. The number of hydrogen-bond acceptors (Lipinski definition) is 2. The van der Waals surface area contributed by atoms with Gasteiger partial charge in [-0.3, -0.25) is 9.59 Å². The molecule has 0 radical (unpaired) electrons. The minimum atomic E-state index is -0.751. The topological polar surface area (TPSA) is 58.2 Å². The van der Waals surface area contributed by atoms with Gasteiger partial charge in [-0.15, -0.1) is 0 Å². The van der Waals surface area contributed by atoms with E-state index >= 15 is 0 Å². The Morgan fingerprint density at radius 3 is 2.56 bits per heavy atom. The number of halogens is 1. The van der Waals surface area contributed by atoms with Crippen LogP contribution in [0.5, 0.6) is 0 Å². The first kappa shape index (κ1) is 14.2. The van der Waals surface area contributed by atoms with Gasteiger partial charge in [0.25, 0.3) is 0 Å². The van der Waals surface area contributed by atoms with Crippen molar-refractivity contribution in [1.82, 2.24) is 10.6 Å². The van der Waals surface area contributed by atoms with Gasteiger partial charge in [0.1, 0.15) is 5.82 Å². The van der Waals surface area contributed by atoms with Crippen molar-refractivity contribution in [2.45, 2.75) is 32.9 Å². The van der Waals surface area contributed by atoms with E-state index in [1.54, 1.807) is 18.2 Å². The van der Waals surface area contributed by atoms with Crippen LogP contribution in [0.1, 0.15) is 25.8 Å². The lowest BCUT2D eigenvalue weighted by atomic mass is 10.2. The average molecular weight is 252 g/mol. The molecule has 0 heterocycles. The second-order valence-electron chi connectivity index (χ2n) is 4.06. The van der Waals surface area contributed by atoms with E-state index < -0.39 is 17.6 Å². The zero-order valence-corrected chi connectivity index (χ0v) is 10.5. The second kappa shape index (κ2) is 6.74. The van der Waals surface area contributed by atoms with Gasteiger partial charge in [0.2, 0.25) is 0 Å². The predicted molar refractivity (Wildman–Crippen MR) is 66.1 cm³/mol. The van der Waals surface area contributed by atoms with Gasteiger partial charge in [-0.05, 0) is 19.4 Å². The van der Waals surface area contributed by atoms with E-state index in [2.05, 4.69) is 10.6 Å². The van der Waals surface area contributed by atoms with Crippen LogP contribution in [0.4, 0.5) is 4.39 Å². The number of amides is 2. The summed E-state index contributed by atoms with van der Waals surface area (Å²) >= 11 is 0. The average Bonchev–Trinajstić information content (AvgIpc) is 2.37. The Labute approximate surface area is 106 Å². The normalized spacial score (nSPS) is 11.7. The summed E-state index contributed by atoms with van der Waals surface area (Å²) in [6, 6.07) is 6.04. The van der Waals surface area contributed by atoms with Crippen LogP contribution in [0.15, 0.2) is 24.3 Å². The number of carbonyl (C=O) groups is 2. The third-order valence-corrected chi connectivity index (χ3v) is 2.59. The fourth-order valence-corrected chi connectivity index (χ4v) is 1.29. The number of benzene rings is 1. The molecular formula is C13H17FN2O2. The maximum absolute atomic E-state index is 13.3. The molecule has 0 aliphatic carbocycles. The van der Waals surface area contributed by atoms with E-state index in [9.17, 15) is 14.0 Å². The van der Waals surface area contributed by atoms with Crippen LogP contribution >= 0.6 is 0 Å². The van der Waals surface area contributed by atoms with E-state index in [0.717, 1.165) is 6.42 Å². The minimum absolute atomic E-state index is 0.000563. The highest BCUT2D eigenvalue weighted by Crippen LogP contribution is 2.05. The summed E-state index contributed by atoms with van der Waals surface area (Å²) in [5.41, 5.74) is 0.349. The van der Waals surface area contributed by atoms with Crippen molar-refractivity contribution in [3.63, 3.8) is 0 Å². The molecule has 0 spiro atoms. The van der Waals surface area contributed by atoms with Crippen molar-refractivity contribution in [1.29, 1.82) is 0 Å². The Kier molecular flexibility index (Phi) is 5.30. The molecule has 98 valence electrons. The fraction of sp³-hybridized carbons (Fsp3) is 0.385. The zero-order valence-electron chi connectivity index (χ0n) is 10.5. The van der Waals surface area contributed by atoms with E-state index in [0.29, 0.717) is 5.56 Å². The summed E-state index contributed by atoms with van der Waals surface area (Å²) < 4.78 is 13.3. The lowest BCUT2D eigenvalue weighted by Gasteiger charge is -2.11. The molecule has 0 bridgehead atoms. The molecule has 1 atom stereocenters. The summed E-state index contributed by atoms with van der Waals surface area (Å²) in [5.74, 6) is -1.85. The van der Waals surface area contributed by atoms with E-state index in [4.69, 9.17) is 0 Å². The maximum atomic E-state index is 13.3. The van der Waals surface area contributed by atoms with Crippen molar-refractivity contribution >= 4 is 11.8 Å². The first-order valence-electron chi connectivity index (χ1n) is 5.86. The molecule has 18 heavy (non-hydrogen) atoms. The lowest BCUT2D eigenvalue weighted by Crippen LogP contribution is -2.43. The van der Waals surface area contributed by atoms with Crippen LogP contribution < -0.4 is 10.6 Å². The number of carbonyl (C=O) groups excluding carboxylic acids is 2. The molecule has 1 rings (SSSR count). The van der Waals surface area contributed by atoms with Gasteiger partial charge in [0.05, 0.1) is 0 Å². The predicted octanol–water partition coefficient (Wildman–Crippen LogP) is 1.36. The molecule has 0 aliphatic heterocycles. The van der Waals surface area contributed by atoms with Gasteiger partial charge in [-0.1, -0.05) is 25.1 Å². The molecule has 1 unspecified atom stereocenters.